The van der Waals surface area contributed by atoms with Gasteiger partial charge in [-0.15, -0.1) is 0 Å². The lowest BCUT2D eigenvalue weighted by Gasteiger charge is -2.13. The number of benzene rings is 2. The van der Waals surface area contributed by atoms with Crippen LogP contribution < -0.4 is 10.5 Å². The van der Waals surface area contributed by atoms with E-state index in [1.54, 1.807) is 20.8 Å². The molecule has 2 aromatic carbocycles. The first kappa shape index (κ1) is 18.8. The minimum Gasteiger partial charge on any atom is -0.360 e. The van der Waals surface area contributed by atoms with Crippen LogP contribution in [-0.2, 0) is 10.0 Å². The first-order chi connectivity index (χ1) is 12.7. The maximum absolute atomic E-state index is 12.9. The van der Waals surface area contributed by atoms with Crippen LogP contribution in [0.5, 0.6) is 0 Å². The fourth-order valence-corrected chi connectivity index (χ4v) is 3.36. The zero-order chi connectivity index (χ0) is 19.8. The molecule has 27 heavy (non-hydrogen) atoms. The molecule has 0 aliphatic rings. The minimum absolute atomic E-state index is 0.0637. The molecule has 3 aromatic rings. The number of rotatable bonds is 4. The van der Waals surface area contributed by atoms with Gasteiger partial charge in [-0.25, -0.2) is 13.6 Å². The van der Waals surface area contributed by atoms with Crippen molar-refractivity contribution in [1.29, 1.82) is 0 Å². The van der Waals surface area contributed by atoms with E-state index in [0.29, 0.717) is 28.3 Å². The summed E-state index contributed by atoms with van der Waals surface area (Å²) < 4.78 is 28.6. The molecule has 0 atom stereocenters. The average molecular weight is 385 g/mol. The highest BCUT2D eigenvalue weighted by molar-refractivity contribution is 7.89. The Labute approximate surface area is 157 Å². The van der Waals surface area contributed by atoms with Crippen molar-refractivity contribution in [2.45, 2.75) is 25.7 Å². The van der Waals surface area contributed by atoms with E-state index in [4.69, 9.17) is 9.66 Å². The fourth-order valence-electron chi connectivity index (χ4n) is 2.74. The number of amides is 1. The second-order valence-electron chi connectivity index (χ2n) is 6.24. The molecule has 0 fully saturated rings. The van der Waals surface area contributed by atoms with Crippen LogP contribution in [-0.4, -0.2) is 19.5 Å². The zero-order valence-corrected chi connectivity index (χ0v) is 15.9. The molecule has 0 unspecified atom stereocenters. The van der Waals surface area contributed by atoms with E-state index in [9.17, 15) is 13.2 Å². The molecule has 0 aliphatic heterocycles. The maximum atomic E-state index is 12.9. The Bertz CT molecular complexity index is 1120. The number of hydrogen-bond donors (Lipinski definition) is 2. The second-order valence-corrected chi connectivity index (χ2v) is 7.80. The second kappa shape index (κ2) is 6.98. The smallest absolute Gasteiger partial charge is 0.261 e. The number of aryl methyl sites for hydroxylation is 2. The molecule has 8 heteroatoms. The molecule has 3 N–H and O–H groups in total. The average Bonchev–Trinajstić information content (AvgIpc) is 3.00. The Morgan fingerprint density at radius 3 is 2.41 bits per heavy atom. The highest BCUT2D eigenvalue weighted by atomic mass is 32.2. The van der Waals surface area contributed by atoms with Crippen molar-refractivity contribution in [2.75, 3.05) is 5.32 Å². The van der Waals surface area contributed by atoms with Gasteiger partial charge in [-0.05, 0) is 44.0 Å². The normalized spacial score (nSPS) is 11.4. The summed E-state index contributed by atoms with van der Waals surface area (Å²) in [5, 5.41) is 12.0. The molecular formula is C19H19N3O4S. The summed E-state index contributed by atoms with van der Waals surface area (Å²) in [6.07, 6.45) is 0. The predicted molar refractivity (Wildman–Crippen MR) is 102 cm³/mol. The molecule has 1 amide bonds. The highest BCUT2D eigenvalue weighted by Crippen LogP contribution is 2.28. The summed E-state index contributed by atoms with van der Waals surface area (Å²) in [7, 11) is -3.90. The van der Waals surface area contributed by atoms with Gasteiger partial charge >= 0.3 is 0 Å². The lowest BCUT2D eigenvalue weighted by atomic mass is 10.0. The monoisotopic (exact) mass is 385 g/mol. The van der Waals surface area contributed by atoms with Gasteiger partial charge in [-0.1, -0.05) is 35.5 Å². The lowest BCUT2D eigenvalue weighted by molar-refractivity contribution is 0.102. The van der Waals surface area contributed by atoms with E-state index in [-0.39, 0.29) is 4.90 Å². The van der Waals surface area contributed by atoms with Crippen molar-refractivity contribution in [2.24, 2.45) is 5.14 Å². The summed E-state index contributed by atoms with van der Waals surface area (Å²) in [5.41, 5.74) is 3.25. The van der Waals surface area contributed by atoms with Crippen LogP contribution in [0.3, 0.4) is 0 Å². The SMILES string of the molecule is Cc1cc(S(N)(=O)=O)cc(NC(=O)c2c(-c3ccccc3)noc2C)c1C. The number of hydrogen-bond acceptors (Lipinski definition) is 5. The van der Waals surface area contributed by atoms with Crippen molar-refractivity contribution in [1.82, 2.24) is 5.16 Å². The third-order valence-corrected chi connectivity index (χ3v) is 5.25. The first-order valence-corrected chi connectivity index (χ1v) is 9.70. The van der Waals surface area contributed by atoms with Crippen LogP contribution >= 0.6 is 0 Å². The number of aromatic nitrogens is 1. The molecule has 1 heterocycles. The quantitative estimate of drug-likeness (QED) is 0.716. The van der Waals surface area contributed by atoms with Gasteiger partial charge in [0.25, 0.3) is 5.91 Å². The Morgan fingerprint density at radius 1 is 1.11 bits per heavy atom. The van der Waals surface area contributed by atoms with E-state index in [1.165, 1.54) is 12.1 Å². The Kier molecular flexibility index (Phi) is 4.86. The molecule has 1 aromatic heterocycles. The topological polar surface area (TPSA) is 115 Å². The molecule has 0 radical (unpaired) electrons. The van der Waals surface area contributed by atoms with Gasteiger partial charge in [0, 0.05) is 11.3 Å². The van der Waals surface area contributed by atoms with Crippen LogP contribution in [0.15, 0.2) is 51.9 Å². The number of anilines is 1. The molecule has 0 bridgehead atoms. The summed E-state index contributed by atoms with van der Waals surface area (Å²) in [6.45, 7) is 5.18. The van der Waals surface area contributed by atoms with Crippen LogP contribution in [0, 0.1) is 20.8 Å². The van der Waals surface area contributed by atoms with Gasteiger partial charge in [0.15, 0.2) is 0 Å². The van der Waals surface area contributed by atoms with E-state index < -0.39 is 15.9 Å². The van der Waals surface area contributed by atoms with Crippen molar-refractivity contribution in [3.05, 3.63) is 64.9 Å². The third-order valence-electron chi connectivity index (χ3n) is 4.35. The number of sulfonamides is 1. The standard InChI is InChI=1S/C19H19N3O4S/c1-11-9-15(27(20,24)25)10-16(12(11)2)21-19(23)17-13(3)26-22-18(17)14-7-5-4-6-8-14/h4-10H,1-3H3,(H,21,23)(H2,20,24,25). The molecule has 0 spiro atoms. The summed E-state index contributed by atoms with van der Waals surface area (Å²) in [6, 6.07) is 12.0. The predicted octanol–water partition coefficient (Wildman–Crippen LogP) is 3.17. The van der Waals surface area contributed by atoms with Crippen LogP contribution in [0.4, 0.5) is 5.69 Å². The molecule has 0 aliphatic carbocycles. The number of carbonyl (C=O) groups excluding carboxylic acids is 1. The number of nitrogens with two attached hydrogens (primary N) is 1. The highest BCUT2D eigenvalue weighted by Gasteiger charge is 2.23. The molecule has 0 saturated heterocycles. The summed E-state index contributed by atoms with van der Waals surface area (Å²) in [4.78, 5) is 12.9. The number of primary sulfonamides is 1. The van der Waals surface area contributed by atoms with E-state index in [1.807, 2.05) is 30.3 Å². The minimum atomic E-state index is -3.90. The third kappa shape index (κ3) is 3.76. The van der Waals surface area contributed by atoms with Gasteiger partial charge in [-0.2, -0.15) is 0 Å². The van der Waals surface area contributed by atoms with Crippen LogP contribution in [0.2, 0.25) is 0 Å². The maximum Gasteiger partial charge on any atom is 0.261 e. The molecule has 140 valence electrons. The van der Waals surface area contributed by atoms with Crippen molar-refractivity contribution in [3.8, 4) is 11.3 Å². The van der Waals surface area contributed by atoms with Gasteiger partial charge < -0.3 is 9.84 Å². The Hall–Kier alpha value is -2.97. The molecule has 7 nitrogen and oxygen atoms in total. The van der Waals surface area contributed by atoms with Gasteiger partial charge in [0.1, 0.15) is 17.0 Å². The molecule has 3 rings (SSSR count). The van der Waals surface area contributed by atoms with Gasteiger partial charge in [-0.3, -0.25) is 4.79 Å². The number of nitrogens with one attached hydrogen (secondary N) is 1. The summed E-state index contributed by atoms with van der Waals surface area (Å²) in [5.74, 6) is -0.0787. The number of carbonyl (C=O) groups is 1. The van der Waals surface area contributed by atoms with E-state index >= 15 is 0 Å². The Morgan fingerprint density at radius 2 is 1.78 bits per heavy atom. The van der Waals surface area contributed by atoms with Crippen molar-refractivity contribution < 1.29 is 17.7 Å². The number of nitrogens with zero attached hydrogens (tertiary/aromatic N) is 1. The largest absolute Gasteiger partial charge is 0.360 e. The van der Waals surface area contributed by atoms with Crippen molar-refractivity contribution >= 4 is 21.6 Å². The van der Waals surface area contributed by atoms with Crippen LogP contribution in [0.1, 0.15) is 27.2 Å². The molecular weight excluding hydrogens is 366 g/mol. The molecule has 0 saturated carbocycles. The zero-order valence-electron chi connectivity index (χ0n) is 15.1. The van der Waals surface area contributed by atoms with Crippen LogP contribution in [0.25, 0.3) is 11.3 Å². The van der Waals surface area contributed by atoms with E-state index in [0.717, 1.165) is 11.1 Å². The van der Waals surface area contributed by atoms with E-state index in [2.05, 4.69) is 10.5 Å². The first-order valence-electron chi connectivity index (χ1n) is 8.15. The van der Waals surface area contributed by atoms with Gasteiger partial charge in [0.2, 0.25) is 10.0 Å². The Balaban J connectivity index is 2.03. The van der Waals surface area contributed by atoms with Crippen molar-refractivity contribution in [3.63, 3.8) is 0 Å². The van der Waals surface area contributed by atoms with Gasteiger partial charge in [0.05, 0.1) is 4.90 Å². The lowest BCUT2D eigenvalue weighted by Crippen LogP contribution is -2.17. The fraction of sp³-hybridized carbons (Fsp3) is 0.158. The summed E-state index contributed by atoms with van der Waals surface area (Å²) >= 11 is 0.